The molecule has 0 amide bonds. The van der Waals surface area contributed by atoms with Gasteiger partial charge in [0.2, 0.25) is 0 Å². The third kappa shape index (κ3) is 2.91. The SMILES string of the molecule is Cc1ccccc1-n1nc(-c2ccc(F)cc2Cl)c2c1NCCCC2. The van der Waals surface area contributed by atoms with E-state index < -0.39 is 0 Å². The van der Waals surface area contributed by atoms with Gasteiger partial charge in [-0.05, 0) is 56.0 Å². The highest BCUT2D eigenvalue weighted by molar-refractivity contribution is 6.33. The van der Waals surface area contributed by atoms with Gasteiger partial charge in [0.1, 0.15) is 11.6 Å². The van der Waals surface area contributed by atoms with Crippen LogP contribution >= 0.6 is 11.6 Å². The lowest BCUT2D eigenvalue weighted by Gasteiger charge is -2.11. The summed E-state index contributed by atoms with van der Waals surface area (Å²) in [4.78, 5) is 0. The second kappa shape index (κ2) is 6.52. The van der Waals surface area contributed by atoms with Gasteiger partial charge in [-0.3, -0.25) is 0 Å². The van der Waals surface area contributed by atoms with Crippen LogP contribution in [0, 0.1) is 12.7 Å². The number of benzene rings is 2. The maximum atomic E-state index is 13.5. The summed E-state index contributed by atoms with van der Waals surface area (Å²) >= 11 is 6.32. The Balaban J connectivity index is 1.95. The molecule has 0 aliphatic carbocycles. The Hall–Kier alpha value is -2.33. The average Bonchev–Trinajstić information content (AvgIpc) is 2.78. The number of halogens is 2. The van der Waals surface area contributed by atoms with Crippen LogP contribution in [0.15, 0.2) is 42.5 Å². The molecular weight excluding hydrogens is 337 g/mol. The number of aryl methyl sites for hydroxylation is 1. The molecular formula is C20H19ClFN3. The van der Waals surface area contributed by atoms with Crippen molar-refractivity contribution in [1.29, 1.82) is 0 Å². The molecule has 4 rings (SSSR count). The summed E-state index contributed by atoms with van der Waals surface area (Å²) in [6.07, 6.45) is 3.13. The van der Waals surface area contributed by atoms with Crippen molar-refractivity contribution < 1.29 is 4.39 Å². The maximum Gasteiger partial charge on any atom is 0.133 e. The zero-order valence-electron chi connectivity index (χ0n) is 14.0. The van der Waals surface area contributed by atoms with Gasteiger partial charge >= 0.3 is 0 Å². The van der Waals surface area contributed by atoms with Crippen LogP contribution in [0.5, 0.6) is 0 Å². The van der Waals surface area contributed by atoms with E-state index in [2.05, 4.69) is 24.4 Å². The lowest BCUT2D eigenvalue weighted by molar-refractivity contribution is 0.628. The van der Waals surface area contributed by atoms with Crippen LogP contribution in [0.3, 0.4) is 0 Å². The minimum Gasteiger partial charge on any atom is -0.370 e. The normalized spacial score (nSPS) is 13.9. The molecule has 0 unspecified atom stereocenters. The smallest absolute Gasteiger partial charge is 0.133 e. The molecule has 2 aromatic carbocycles. The van der Waals surface area contributed by atoms with Gasteiger partial charge in [-0.2, -0.15) is 5.10 Å². The Kier molecular flexibility index (Phi) is 4.22. The van der Waals surface area contributed by atoms with Gasteiger partial charge in [0, 0.05) is 17.7 Å². The first-order valence-corrected chi connectivity index (χ1v) is 8.90. The Morgan fingerprint density at radius 1 is 1.16 bits per heavy atom. The fraction of sp³-hybridized carbons (Fsp3) is 0.250. The zero-order valence-corrected chi connectivity index (χ0v) is 14.8. The van der Waals surface area contributed by atoms with Crippen LogP contribution in [0.2, 0.25) is 5.02 Å². The molecule has 0 saturated heterocycles. The highest BCUT2D eigenvalue weighted by Gasteiger charge is 2.23. The van der Waals surface area contributed by atoms with E-state index in [0.29, 0.717) is 5.02 Å². The van der Waals surface area contributed by atoms with Crippen LogP contribution < -0.4 is 5.32 Å². The van der Waals surface area contributed by atoms with E-state index >= 15 is 0 Å². The number of fused-ring (bicyclic) bond motifs is 1. The fourth-order valence-electron chi connectivity index (χ4n) is 3.38. The molecule has 0 bridgehead atoms. The van der Waals surface area contributed by atoms with Crippen LogP contribution in [-0.4, -0.2) is 16.3 Å². The second-order valence-corrected chi connectivity index (χ2v) is 6.79. The molecule has 1 N–H and O–H groups in total. The van der Waals surface area contributed by atoms with Gasteiger partial charge < -0.3 is 5.32 Å². The standard InChI is InChI=1S/C20H19ClFN3/c1-13-6-2-3-8-18(13)25-20-16(7-4-5-11-23-20)19(24-25)15-10-9-14(22)12-17(15)21/h2-3,6,8-10,12,23H,4-5,7,11H2,1H3. The van der Waals surface area contributed by atoms with Crippen molar-refractivity contribution in [2.24, 2.45) is 0 Å². The van der Waals surface area contributed by atoms with Gasteiger partial charge in [-0.25, -0.2) is 9.07 Å². The van der Waals surface area contributed by atoms with E-state index in [1.54, 1.807) is 6.07 Å². The van der Waals surface area contributed by atoms with E-state index in [-0.39, 0.29) is 5.82 Å². The quantitative estimate of drug-likeness (QED) is 0.668. The number of aromatic nitrogens is 2. The molecule has 0 radical (unpaired) electrons. The molecule has 0 fully saturated rings. The zero-order chi connectivity index (χ0) is 17.4. The molecule has 0 saturated carbocycles. The van der Waals surface area contributed by atoms with Crippen LogP contribution in [0.4, 0.5) is 10.2 Å². The van der Waals surface area contributed by atoms with Crippen molar-refractivity contribution in [2.75, 3.05) is 11.9 Å². The Labute approximate surface area is 151 Å². The molecule has 0 spiro atoms. The number of nitrogens with zero attached hydrogens (tertiary/aromatic N) is 2. The molecule has 1 aliphatic heterocycles. The summed E-state index contributed by atoms with van der Waals surface area (Å²) in [7, 11) is 0. The second-order valence-electron chi connectivity index (χ2n) is 6.38. The van der Waals surface area contributed by atoms with Crippen molar-refractivity contribution >= 4 is 17.4 Å². The first-order chi connectivity index (χ1) is 12.1. The van der Waals surface area contributed by atoms with Crippen molar-refractivity contribution in [3.63, 3.8) is 0 Å². The predicted molar refractivity (Wildman–Crippen MR) is 100 cm³/mol. The Bertz CT molecular complexity index is 933. The number of anilines is 1. The summed E-state index contributed by atoms with van der Waals surface area (Å²) in [6, 6.07) is 12.7. The molecule has 128 valence electrons. The van der Waals surface area contributed by atoms with E-state index in [9.17, 15) is 4.39 Å². The molecule has 1 aromatic heterocycles. The summed E-state index contributed by atoms with van der Waals surface area (Å²) in [5.41, 5.74) is 4.94. The highest BCUT2D eigenvalue weighted by atomic mass is 35.5. The third-order valence-electron chi connectivity index (χ3n) is 4.66. The molecule has 0 atom stereocenters. The lowest BCUT2D eigenvalue weighted by atomic mass is 10.0. The summed E-state index contributed by atoms with van der Waals surface area (Å²) in [5, 5.41) is 8.79. The minimum absolute atomic E-state index is 0.337. The fourth-order valence-corrected chi connectivity index (χ4v) is 3.63. The van der Waals surface area contributed by atoms with Crippen LogP contribution in [-0.2, 0) is 6.42 Å². The van der Waals surface area contributed by atoms with Gasteiger partial charge in [0.05, 0.1) is 16.4 Å². The molecule has 1 aliphatic rings. The number of para-hydroxylation sites is 1. The predicted octanol–water partition coefficient (Wildman–Crippen LogP) is 5.39. The van der Waals surface area contributed by atoms with Crippen molar-refractivity contribution in [3.8, 4) is 16.9 Å². The number of nitrogens with one attached hydrogen (secondary N) is 1. The number of hydrogen-bond donors (Lipinski definition) is 1. The molecule has 2 heterocycles. The van der Waals surface area contributed by atoms with Gasteiger partial charge in [-0.1, -0.05) is 29.8 Å². The van der Waals surface area contributed by atoms with E-state index in [4.69, 9.17) is 16.7 Å². The third-order valence-corrected chi connectivity index (χ3v) is 4.97. The monoisotopic (exact) mass is 355 g/mol. The van der Waals surface area contributed by atoms with Gasteiger partial charge in [0.25, 0.3) is 0 Å². The Morgan fingerprint density at radius 2 is 2.00 bits per heavy atom. The molecule has 25 heavy (non-hydrogen) atoms. The summed E-state index contributed by atoms with van der Waals surface area (Å²) in [6.45, 7) is 2.99. The summed E-state index contributed by atoms with van der Waals surface area (Å²) < 4.78 is 15.4. The van der Waals surface area contributed by atoms with E-state index in [0.717, 1.165) is 59.7 Å². The number of rotatable bonds is 2. The van der Waals surface area contributed by atoms with Gasteiger partial charge in [0.15, 0.2) is 0 Å². The van der Waals surface area contributed by atoms with Crippen LogP contribution in [0.1, 0.15) is 24.0 Å². The van der Waals surface area contributed by atoms with Crippen molar-refractivity contribution in [2.45, 2.75) is 26.2 Å². The first kappa shape index (κ1) is 16.2. The van der Waals surface area contributed by atoms with E-state index in [1.165, 1.54) is 12.1 Å². The Morgan fingerprint density at radius 3 is 2.80 bits per heavy atom. The molecule has 3 aromatic rings. The molecule has 3 nitrogen and oxygen atoms in total. The van der Waals surface area contributed by atoms with Crippen molar-refractivity contribution in [3.05, 3.63) is 64.4 Å². The van der Waals surface area contributed by atoms with Gasteiger partial charge in [-0.15, -0.1) is 0 Å². The number of hydrogen-bond acceptors (Lipinski definition) is 2. The maximum absolute atomic E-state index is 13.5. The topological polar surface area (TPSA) is 29.9 Å². The van der Waals surface area contributed by atoms with Crippen LogP contribution in [0.25, 0.3) is 16.9 Å². The summed E-state index contributed by atoms with van der Waals surface area (Å²) in [5.74, 6) is 0.679. The van der Waals surface area contributed by atoms with E-state index in [1.807, 2.05) is 16.8 Å². The largest absolute Gasteiger partial charge is 0.370 e. The minimum atomic E-state index is -0.337. The average molecular weight is 356 g/mol. The highest BCUT2D eigenvalue weighted by Crippen LogP contribution is 2.37. The first-order valence-electron chi connectivity index (χ1n) is 8.52. The molecule has 5 heteroatoms. The lowest BCUT2D eigenvalue weighted by Crippen LogP contribution is -2.08. The van der Waals surface area contributed by atoms with Crippen molar-refractivity contribution in [1.82, 2.24) is 9.78 Å².